The van der Waals surface area contributed by atoms with Crippen molar-refractivity contribution in [3.63, 3.8) is 0 Å². The highest BCUT2D eigenvalue weighted by Gasteiger charge is 2.28. The Labute approximate surface area is 123 Å². The first kappa shape index (κ1) is 14.9. The van der Waals surface area contributed by atoms with Gasteiger partial charge in [-0.2, -0.15) is 15.0 Å². The summed E-state index contributed by atoms with van der Waals surface area (Å²) in [7, 11) is 0. The van der Waals surface area contributed by atoms with Crippen molar-refractivity contribution in [3.05, 3.63) is 0 Å². The molecule has 1 aromatic heterocycles. The van der Waals surface area contributed by atoms with Crippen molar-refractivity contribution >= 4 is 29.7 Å². The summed E-state index contributed by atoms with van der Waals surface area (Å²) in [6.07, 6.45) is 0. The van der Waals surface area contributed by atoms with Crippen LogP contribution in [-0.2, 0) is 4.79 Å². The normalized spacial score (nSPS) is 14.9. The molecule has 9 nitrogen and oxygen atoms in total. The van der Waals surface area contributed by atoms with Crippen molar-refractivity contribution in [2.75, 3.05) is 22.1 Å². The highest BCUT2D eigenvalue weighted by molar-refractivity contribution is 6.12. The van der Waals surface area contributed by atoms with Gasteiger partial charge >= 0.3 is 0 Å². The highest BCUT2D eigenvalue weighted by atomic mass is 16.2. The molecule has 9 heteroatoms. The van der Waals surface area contributed by atoms with E-state index in [1.165, 1.54) is 4.90 Å². The molecule has 1 amide bonds. The zero-order valence-corrected chi connectivity index (χ0v) is 12.6. The van der Waals surface area contributed by atoms with E-state index in [0.717, 1.165) is 0 Å². The molecule has 1 aliphatic heterocycles. The number of rotatable bonds is 5. The second kappa shape index (κ2) is 5.90. The third-order valence-corrected chi connectivity index (χ3v) is 2.53. The lowest BCUT2D eigenvalue weighted by Crippen LogP contribution is -2.31. The Kier molecular flexibility index (Phi) is 4.20. The van der Waals surface area contributed by atoms with Crippen LogP contribution in [0.15, 0.2) is 0 Å². The van der Waals surface area contributed by atoms with Crippen molar-refractivity contribution in [1.82, 2.24) is 20.3 Å². The van der Waals surface area contributed by atoms with E-state index in [1.54, 1.807) is 0 Å². The largest absolute Gasteiger partial charge is 0.352 e. The number of carbonyl (C=O) groups excluding carboxylic acids is 1. The van der Waals surface area contributed by atoms with Gasteiger partial charge in [-0.1, -0.05) is 0 Å². The van der Waals surface area contributed by atoms with E-state index in [9.17, 15) is 4.79 Å². The average Bonchev–Trinajstić information content (AvgIpc) is 2.66. The summed E-state index contributed by atoms with van der Waals surface area (Å²) in [5, 5.41) is 16.4. The maximum Gasteiger partial charge on any atom is 0.246 e. The van der Waals surface area contributed by atoms with Crippen molar-refractivity contribution in [3.8, 4) is 0 Å². The number of nitrogens with zero attached hydrogens (tertiary/aromatic N) is 4. The number of anilines is 3. The maximum atomic E-state index is 11.4. The van der Waals surface area contributed by atoms with E-state index < -0.39 is 0 Å². The molecule has 0 spiro atoms. The summed E-state index contributed by atoms with van der Waals surface area (Å²) in [6.45, 7) is 7.93. The van der Waals surface area contributed by atoms with Crippen LogP contribution in [0.4, 0.5) is 17.8 Å². The maximum absolute atomic E-state index is 11.4. The van der Waals surface area contributed by atoms with Gasteiger partial charge in [0.05, 0.1) is 0 Å². The van der Waals surface area contributed by atoms with Gasteiger partial charge in [0.15, 0.2) is 0 Å². The minimum absolute atomic E-state index is 0.0304. The van der Waals surface area contributed by atoms with Crippen LogP contribution in [0.1, 0.15) is 27.7 Å². The van der Waals surface area contributed by atoms with Gasteiger partial charge in [-0.25, -0.2) is 0 Å². The molecule has 0 atom stereocenters. The molecule has 1 aliphatic rings. The topological polar surface area (TPSA) is 119 Å². The van der Waals surface area contributed by atoms with Gasteiger partial charge < -0.3 is 10.6 Å². The SMILES string of the molecule is CC(C)Nc1nc(NC(C)C)nc(N2CC(=O)NC2=N)n1. The van der Waals surface area contributed by atoms with Crippen molar-refractivity contribution in [1.29, 1.82) is 5.41 Å². The Balaban J connectivity index is 2.34. The van der Waals surface area contributed by atoms with Crippen LogP contribution in [0, 0.1) is 5.41 Å². The molecule has 4 N–H and O–H groups in total. The zero-order valence-electron chi connectivity index (χ0n) is 12.6. The van der Waals surface area contributed by atoms with Gasteiger partial charge in [0.2, 0.25) is 29.7 Å². The average molecular weight is 292 g/mol. The van der Waals surface area contributed by atoms with Crippen LogP contribution in [0.5, 0.6) is 0 Å². The van der Waals surface area contributed by atoms with E-state index in [4.69, 9.17) is 5.41 Å². The molecule has 0 aromatic carbocycles. The monoisotopic (exact) mass is 292 g/mol. The minimum atomic E-state index is -0.253. The molecular formula is C12H20N8O. The summed E-state index contributed by atoms with van der Waals surface area (Å²) in [4.78, 5) is 25.6. The molecule has 1 fully saturated rings. The highest BCUT2D eigenvalue weighted by Crippen LogP contribution is 2.16. The Bertz CT molecular complexity index is 528. The summed E-state index contributed by atoms with van der Waals surface area (Å²) < 4.78 is 0. The first-order valence-corrected chi connectivity index (χ1v) is 6.80. The summed E-state index contributed by atoms with van der Waals surface area (Å²) in [5.74, 6) is 0.796. The van der Waals surface area contributed by atoms with E-state index in [2.05, 4.69) is 30.9 Å². The van der Waals surface area contributed by atoms with Crippen LogP contribution in [0.2, 0.25) is 0 Å². The van der Waals surface area contributed by atoms with E-state index in [0.29, 0.717) is 11.9 Å². The molecule has 1 saturated heterocycles. The third-order valence-electron chi connectivity index (χ3n) is 2.53. The van der Waals surface area contributed by atoms with Gasteiger partial charge in [0, 0.05) is 12.1 Å². The molecule has 114 valence electrons. The standard InChI is InChI=1S/C12H20N8O/c1-6(2)14-10-17-11(15-7(3)4)19-12(18-10)20-5-8(21)16-9(20)13/h6-7H,5H2,1-4H3,(H2,13,16,21)(H2,14,15,17,18,19). The van der Waals surface area contributed by atoms with Crippen LogP contribution in [0.25, 0.3) is 0 Å². The fourth-order valence-electron chi connectivity index (χ4n) is 1.76. The van der Waals surface area contributed by atoms with Crippen LogP contribution in [0.3, 0.4) is 0 Å². The Morgan fingerprint density at radius 3 is 2.00 bits per heavy atom. The molecule has 0 unspecified atom stereocenters. The van der Waals surface area contributed by atoms with Gasteiger partial charge in [-0.3, -0.25) is 20.4 Å². The first-order chi connectivity index (χ1) is 9.85. The predicted molar refractivity (Wildman–Crippen MR) is 80.6 cm³/mol. The van der Waals surface area contributed by atoms with Crippen molar-refractivity contribution in [2.24, 2.45) is 0 Å². The van der Waals surface area contributed by atoms with Gasteiger partial charge in [-0.15, -0.1) is 0 Å². The third kappa shape index (κ3) is 3.77. The molecule has 0 aliphatic carbocycles. The summed E-state index contributed by atoms with van der Waals surface area (Å²) in [5.41, 5.74) is 0. The number of aromatic nitrogens is 3. The number of hydrogen-bond donors (Lipinski definition) is 4. The molecule has 0 saturated carbocycles. The molecular weight excluding hydrogens is 272 g/mol. The molecule has 2 rings (SSSR count). The number of nitrogens with one attached hydrogen (secondary N) is 4. The van der Waals surface area contributed by atoms with Crippen LogP contribution in [-0.4, -0.2) is 45.4 Å². The number of carbonyl (C=O) groups is 1. The van der Waals surface area contributed by atoms with E-state index in [1.807, 2.05) is 27.7 Å². The molecule has 0 radical (unpaired) electrons. The van der Waals surface area contributed by atoms with Gasteiger partial charge in [-0.05, 0) is 27.7 Å². The fourth-order valence-corrected chi connectivity index (χ4v) is 1.76. The number of guanidine groups is 1. The summed E-state index contributed by atoms with van der Waals surface area (Å²) >= 11 is 0. The van der Waals surface area contributed by atoms with E-state index >= 15 is 0 Å². The second-order valence-electron chi connectivity index (χ2n) is 5.36. The Morgan fingerprint density at radius 1 is 1.10 bits per heavy atom. The molecule has 2 heterocycles. The van der Waals surface area contributed by atoms with Gasteiger partial charge in [0.1, 0.15) is 6.54 Å². The predicted octanol–water partition coefficient (Wildman–Crippen LogP) is 0.383. The Hall–Kier alpha value is -2.45. The number of hydrogen-bond acceptors (Lipinski definition) is 7. The second-order valence-corrected chi connectivity index (χ2v) is 5.36. The minimum Gasteiger partial charge on any atom is -0.352 e. The quantitative estimate of drug-likeness (QED) is 0.619. The molecule has 0 bridgehead atoms. The van der Waals surface area contributed by atoms with Crippen LogP contribution >= 0.6 is 0 Å². The smallest absolute Gasteiger partial charge is 0.246 e. The zero-order chi connectivity index (χ0) is 15.6. The lowest BCUT2D eigenvalue weighted by Gasteiger charge is -2.17. The fraction of sp³-hybridized carbons (Fsp3) is 0.583. The Morgan fingerprint density at radius 2 is 1.62 bits per heavy atom. The molecule has 1 aromatic rings. The lowest BCUT2D eigenvalue weighted by molar-refractivity contribution is -0.117. The van der Waals surface area contributed by atoms with Gasteiger partial charge in [0.25, 0.3) is 0 Å². The van der Waals surface area contributed by atoms with Crippen molar-refractivity contribution < 1.29 is 4.79 Å². The number of amides is 1. The first-order valence-electron chi connectivity index (χ1n) is 6.80. The van der Waals surface area contributed by atoms with Crippen molar-refractivity contribution in [2.45, 2.75) is 39.8 Å². The molecule has 21 heavy (non-hydrogen) atoms. The lowest BCUT2D eigenvalue weighted by atomic mass is 10.4. The van der Waals surface area contributed by atoms with E-state index in [-0.39, 0.29) is 36.4 Å². The summed E-state index contributed by atoms with van der Waals surface area (Å²) in [6, 6.07) is 0.315. The van der Waals surface area contributed by atoms with Crippen LogP contribution < -0.4 is 20.9 Å².